The monoisotopic (exact) mass is 400 g/mol. The highest BCUT2D eigenvalue weighted by Gasteiger charge is 2.17. The molecule has 0 amide bonds. The molecule has 0 aliphatic heterocycles. The van der Waals surface area contributed by atoms with E-state index in [2.05, 4.69) is 102 Å². The molecule has 0 saturated heterocycles. The van der Waals surface area contributed by atoms with Gasteiger partial charge in [0.2, 0.25) is 0 Å². The second-order valence-corrected chi connectivity index (χ2v) is 8.70. The predicted molar refractivity (Wildman–Crippen MR) is 129 cm³/mol. The Bertz CT molecular complexity index is 1740. The zero-order valence-electron chi connectivity index (χ0n) is 16.0. The minimum atomic E-state index is 1.06. The predicted octanol–water partition coefficient (Wildman–Crippen LogP) is 7.70. The van der Waals surface area contributed by atoms with Gasteiger partial charge in [-0.1, -0.05) is 66.7 Å². The summed E-state index contributed by atoms with van der Waals surface area (Å²) in [5.41, 5.74) is 4.62. The summed E-state index contributed by atoms with van der Waals surface area (Å²) in [6.45, 7) is 0. The van der Waals surface area contributed by atoms with Crippen molar-refractivity contribution in [2.75, 3.05) is 0 Å². The lowest BCUT2D eigenvalue weighted by atomic mass is 10.1. The van der Waals surface area contributed by atoms with Gasteiger partial charge in [-0.3, -0.25) is 4.98 Å². The van der Waals surface area contributed by atoms with Crippen LogP contribution in [-0.4, -0.2) is 9.55 Å². The van der Waals surface area contributed by atoms with Gasteiger partial charge >= 0.3 is 0 Å². The second kappa shape index (κ2) is 5.91. The van der Waals surface area contributed by atoms with E-state index in [1.165, 1.54) is 47.4 Å². The Kier molecular flexibility index (Phi) is 3.18. The van der Waals surface area contributed by atoms with Crippen molar-refractivity contribution in [2.24, 2.45) is 0 Å². The summed E-state index contributed by atoms with van der Waals surface area (Å²) in [6, 6.07) is 32.4. The standard InChI is InChI=1S/C27H16N2S/c1-2-8-17(9-3-1)29-23-12-6-4-10-18(23)20-14-15-21-25(26(20)29)28-16-22-19-11-5-7-13-24(19)30-27(21)22/h1-16H. The third-order valence-electron chi connectivity index (χ3n) is 6.03. The zero-order valence-corrected chi connectivity index (χ0v) is 16.9. The molecule has 0 spiro atoms. The molecule has 3 aromatic heterocycles. The fraction of sp³-hybridized carbons (Fsp3) is 0. The average Bonchev–Trinajstić information content (AvgIpc) is 3.36. The summed E-state index contributed by atoms with van der Waals surface area (Å²) >= 11 is 1.86. The van der Waals surface area contributed by atoms with Crippen molar-refractivity contribution in [3.05, 3.63) is 97.2 Å². The van der Waals surface area contributed by atoms with Gasteiger partial charge in [-0.2, -0.15) is 0 Å². The molecule has 0 bridgehead atoms. The molecular weight excluding hydrogens is 384 g/mol. The third-order valence-corrected chi connectivity index (χ3v) is 7.25. The van der Waals surface area contributed by atoms with E-state index in [4.69, 9.17) is 4.98 Å². The van der Waals surface area contributed by atoms with Crippen LogP contribution in [0.2, 0.25) is 0 Å². The van der Waals surface area contributed by atoms with E-state index in [9.17, 15) is 0 Å². The van der Waals surface area contributed by atoms with Crippen LogP contribution < -0.4 is 0 Å². The molecule has 0 saturated carbocycles. The van der Waals surface area contributed by atoms with Gasteiger partial charge in [0.1, 0.15) is 0 Å². The Balaban J connectivity index is 1.73. The van der Waals surface area contributed by atoms with Crippen LogP contribution in [0.25, 0.3) is 58.6 Å². The molecule has 0 unspecified atom stereocenters. The van der Waals surface area contributed by atoms with Crippen molar-refractivity contribution in [1.29, 1.82) is 0 Å². The molecule has 0 N–H and O–H groups in total. The fourth-order valence-corrected chi connectivity index (χ4v) is 5.92. The summed E-state index contributed by atoms with van der Waals surface area (Å²) in [7, 11) is 0. The normalized spacial score (nSPS) is 12.0. The summed E-state index contributed by atoms with van der Waals surface area (Å²) in [5, 5.41) is 6.26. The Labute approximate surface area is 176 Å². The van der Waals surface area contributed by atoms with Gasteiger partial charge in [0.25, 0.3) is 0 Å². The maximum atomic E-state index is 5.03. The highest BCUT2D eigenvalue weighted by atomic mass is 32.1. The van der Waals surface area contributed by atoms with Crippen molar-refractivity contribution in [3.63, 3.8) is 0 Å². The van der Waals surface area contributed by atoms with Gasteiger partial charge in [0.05, 0.1) is 16.6 Å². The molecule has 0 atom stereocenters. The first-order valence-corrected chi connectivity index (χ1v) is 10.9. The molecule has 0 aliphatic carbocycles. The van der Waals surface area contributed by atoms with E-state index in [0.717, 1.165) is 11.2 Å². The van der Waals surface area contributed by atoms with Gasteiger partial charge in [-0.15, -0.1) is 11.3 Å². The molecule has 0 radical (unpaired) electrons. The molecule has 140 valence electrons. The number of rotatable bonds is 1. The first-order valence-electron chi connectivity index (χ1n) is 10.1. The Morgan fingerprint density at radius 1 is 0.600 bits per heavy atom. The molecule has 7 rings (SSSR count). The first kappa shape index (κ1) is 16.1. The number of hydrogen-bond acceptors (Lipinski definition) is 2. The summed E-state index contributed by atoms with van der Waals surface area (Å²) in [5.74, 6) is 0. The Morgan fingerprint density at radius 3 is 2.23 bits per heavy atom. The van der Waals surface area contributed by atoms with Crippen LogP contribution in [-0.2, 0) is 0 Å². The van der Waals surface area contributed by atoms with Crippen LogP contribution in [0.5, 0.6) is 0 Å². The lowest BCUT2D eigenvalue weighted by molar-refractivity contribution is 1.18. The molecule has 3 heteroatoms. The van der Waals surface area contributed by atoms with Crippen LogP contribution in [0.1, 0.15) is 0 Å². The molecule has 2 nitrogen and oxygen atoms in total. The molecule has 4 aromatic carbocycles. The van der Waals surface area contributed by atoms with Crippen molar-refractivity contribution < 1.29 is 0 Å². The highest BCUT2D eigenvalue weighted by molar-refractivity contribution is 7.26. The largest absolute Gasteiger partial charge is 0.307 e. The van der Waals surface area contributed by atoms with E-state index in [0.29, 0.717) is 0 Å². The lowest BCUT2D eigenvalue weighted by Crippen LogP contribution is -1.94. The van der Waals surface area contributed by atoms with E-state index in [1.54, 1.807) is 0 Å². The number of fused-ring (bicyclic) bond motifs is 9. The van der Waals surface area contributed by atoms with Crippen LogP contribution in [0.15, 0.2) is 97.2 Å². The molecule has 30 heavy (non-hydrogen) atoms. The molecule has 3 heterocycles. The highest BCUT2D eigenvalue weighted by Crippen LogP contribution is 2.41. The maximum Gasteiger partial charge on any atom is 0.0963 e. The maximum absolute atomic E-state index is 5.03. The minimum Gasteiger partial charge on any atom is -0.307 e. The van der Waals surface area contributed by atoms with Crippen molar-refractivity contribution in [2.45, 2.75) is 0 Å². The van der Waals surface area contributed by atoms with Gasteiger partial charge in [-0.25, -0.2) is 0 Å². The summed E-state index contributed by atoms with van der Waals surface area (Å²) in [4.78, 5) is 5.03. The van der Waals surface area contributed by atoms with Crippen LogP contribution in [0.4, 0.5) is 0 Å². The number of pyridine rings is 1. The smallest absolute Gasteiger partial charge is 0.0963 e. The quantitative estimate of drug-likeness (QED) is 0.276. The van der Waals surface area contributed by atoms with E-state index in [-0.39, 0.29) is 0 Å². The second-order valence-electron chi connectivity index (χ2n) is 7.65. The molecule has 0 fully saturated rings. The molecule has 0 aliphatic rings. The van der Waals surface area contributed by atoms with Crippen molar-refractivity contribution in [3.8, 4) is 5.69 Å². The van der Waals surface area contributed by atoms with Crippen LogP contribution >= 0.6 is 11.3 Å². The summed E-state index contributed by atoms with van der Waals surface area (Å²) < 4.78 is 4.98. The Hall–Kier alpha value is -3.69. The van der Waals surface area contributed by atoms with Gasteiger partial charge in [-0.05, 0) is 24.3 Å². The lowest BCUT2D eigenvalue weighted by Gasteiger charge is -2.09. The zero-order chi connectivity index (χ0) is 19.7. The number of hydrogen-bond donors (Lipinski definition) is 0. The van der Waals surface area contributed by atoms with Crippen molar-refractivity contribution >= 4 is 64.2 Å². The van der Waals surface area contributed by atoms with E-state index >= 15 is 0 Å². The fourth-order valence-electron chi connectivity index (χ4n) is 4.72. The topological polar surface area (TPSA) is 17.8 Å². The molecular formula is C27H16N2S. The number of benzene rings is 4. The SMILES string of the molecule is c1ccc(-n2c3ccccc3c3ccc4c(ncc5c6ccccc6sc54)c32)cc1. The van der Waals surface area contributed by atoms with Gasteiger partial charge in [0, 0.05) is 48.2 Å². The van der Waals surface area contributed by atoms with Crippen molar-refractivity contribution in [1.82, 2.24) is 9.55 Å². The number of thiophene rings is 1. The van der Waals surface area contributed by atoms with Crippen LogP contribution in [0, 0.1) is 0 Å². The van der Waals surface area contributed by atoms with E-state index < -0.39 is 0 Å². The van der Waals surface area contributed by atoms with E-state index in [1.807, 2.05) is 11.3 Å². The van der Waals surface area contributed by atoms with Gasteiger partial charge < -0.3 is 4.57 Å². The molecule has 7 aromatic rings. The number of nitrogens with zero attached hydrogens (tertiary/aromatic N) is 2. The first-order chi connectivity index (χ1) is 14.9. The number of aromatic nitrogens is 2. The van der Waals surface area contributed by atoms with Crippen LogP contribution in [0.3, 0.4) is 0 Å². The summed E-state index contributed by atoms with van der Waals surface area (Å²) in [6.07, 6.45) is 2.06. The Morgan fingerprint density at radius 2 is 1.33 bits per heavy atom. The minimum absolute atomic E-state index is 1.06. The third kappa shape index (κ3) is 2.05. The number of para-hydroxylation sites is 2. The van der Waals surface area contributed by atoms with Gasteiger partial charge in [0.15, 0.2) is 0 Å². The average molecular weight is 401 g/mol.